The van der Waals surface area contributed by atoms with Gasteiger partial charge in [-0.15, -0.1) is 11.3 Å². The second-order valence-electron chi connectivity index (χ2n) is 5.66. The second kappa shape index (κ2) is 6.61. The highest BCUT2D eigenvalue weighted by atomic mass is 79.9. The van der Waals surface area contributed by atoms with Gasteiger partial charge in [0, 0.05) is 20.8 Å². The van der Waals surface area contributed by atoms with Crippen LogP contribution in [0.15, 0.2) is 40.2 Å². The van der Waals surface area contributed by atoms with E-state index in [0.29, 0.717) is 0 Å². The smallest absolute Gasteiger partial charge is 0.107 e. The molecule has 21 heavy (non-hydrogen) atoms. The van der Waals surface area contributed by atoms with Crippen molar-refractivity contribution in [2.24, 2.45) is 5.73 Å². The molecule has 112 valence electrons. The number of benzene rings is 1. The van der Waals surface area contributed by atoms with E-state index in [-0.39, 0.29) is 18.2 Å². The van der Waals surface area contributed by atoms with Crippen molar-refractivity contribution in [2.75, 3.05) is 0 Å². The zero-order chi connectivity index (χ0) is 14.8. The number of rotatable bonds is 4. The van der Waals surface area contributed by atoms with Crippen molar-refractivity contribution in [3.05, 3.63) is 56.2 Å². The largest absolute Gasteiger partial charge is 0.363 e. The minimum Gasteiger partial charge on any atom is -0.363 e. The maximum atomic E-state index is 6.44. The van der Waals surface area contributed by atoms with Gasteiger partial charge in [-0.05, 0) is 59.3 Å². The molecule has 1 aromatic carbocycles. The van der Waals surface area contributed by atoms with Crippen LogP contribution < -0.4 is 5.73 Å². The summed E-state index contributed by atoms with van der Waals surface area (Å²) in [7, 11) is 0. The lowest BCUT2D eigenvalue weighted by atomic mass is 9.89. The molecule has 1 aliphatic carbocycles. The number of hydrogen-bond donors (Lipinski definition) is 1. The zero-order valence-corrected chi connectivity index (χ0v) is 14.5. The van der Waals surface area contributed by atoms with Gasteiger partial charge < -0.3 is 10.5 Å². The summed E-state index contributed by atoms with van der Waals surface area (Å²) in [5.74, 6) is 0. The molecule has 2 nitrogen and oxygen atoms in total. The summed E-state index contributed by atoms with van der Waals surface area (Å²) in [6.45, 7) is 2.02. The normalized spacial score (nSPS) is 20.8. The van der Waals surface area contributed by atoms with Gasteiger partial charge in [0.25, 0.3) is 0 Å². The number of aryl methyl sites for hydroxylation is 1. The average molecular weight is 366 g/mol. The molecule has 0 radical (unpaired) electrons. The van der Waals surface area contributed by atoms with Crippen LogP contribution in [0.1, 0.15) is 48.0 Å². The summed E-state index contributed by atoms with van der Waals surface area (Å²) in [4.78, 5) is 1.19. The van der Waals surface area contributed by atoms with E-state index in [9.17, 15) is 0 Å². The number of fused-ring (bicyclic) bond motifs is 1. The second-order valence-corrected chi connectivity index (χ2v) is 7.52. The molecule has 0 spiro atoms. The van der Waals surface area contributed by atoms with E-state index in [1.54, 1.807) is 11.3 Å². The van der Waals surface area contributed by atoms with Crippen molar-refractivity contribution >= 4 is 27.3 Å². The fourth-order valence-electron chi connectivity index (χ4n) is 2.96. The Morgan fingerprint density at radius 1 is 1.38 bits per heavy atom. The Morgan fingerprint density at radius 2 is 2.19 bits per heavy atom. The van der Waals surface area contributed by atoms with Crippen molar-refractivity contribution in [2.45, 2.75) is 44.4 Å². The topological polar surface area (TPSA) is 35.2 Å². The zero-order valence-electron chi connectivity index (χ0n) is 12.1. The van der Waals surface area contributed by atoms with Crippen LogP contribution in [0, 0.1) is 0 Å². The molecule has 3 unspecified atom stereocenters. The van der Waals surface area contributed by atoms with Crippen LogP contribution in [-0.2, 0) is 11.2 Å². The van der Waals surface area contributed by atoms with E-state index in [1.165, 1.54) is 22.4 Å². The van der Waals surface area contributed by atoms with Gasteiger partial charge in [0.1, 0.15) is 6.10 Å². The Labute approximate surface area is 138 Å². The summed E-state index contributed by atoms with van der Waals surface area (Å²) in [6.07, 6.45) is 3.53. The Hall–Kier alpha value is -0.680. The average Bonchev–Trinajstić information content (AvgIpc) is 2.90. The minimum absolute atomic E-state index is 0.0235. The third-order valence-electron chi connectivity index (χ3n) is 3.97. The van der Waals surface area contributed by atoms with Crippen molar-refractivity contribution in [3.63, 3.8) is 0 Å². The molecule has 0 fully saturated rings. The first-order valence-electron chi connectivity index (χ1n) is 7.38. The molecule has 0 saturated carbocycles. The molecule has 2 N–H and O–H groups in total. The highest BCUT2D eigenvalue weighted by molar-refractivity contribution is 9.10. The molecule has 0 saturated heterocycles. The van der Waals surface area contributed by atoms with Gasteiger partial charge in [-0.1, -0.05) is 24.3 Å². The van der Waals surface area contributed by atoms with Crippen molar-refractivity contribution in [1.29, 1.82) is 0 Å². The molecular formula is C17H20BrNOS. The Kier molecular flexibility index (Phi) is 4.79. The number of hydrogen-bond acceptors (Lipinski definition) is 3. The van der Waals surface area contributed by atoms with Gasteiger partial charge in [0.2, 0.25) is 0 Å². The van der Waals surface area contributed by atoms with Crippen LogP contribution in [-0.4, -0.2) is 6.04 Å². The maximum Gasteiger partial charge on any atom is 0.107 e. The predicted octanol–water partition coefficient (Wildman–Crippen LogP) is 4.99. The third kappa shape index (κ3) is 3.39. The fourth-order valence-corrected chi connectivity index (χ4v) is 4.55. The van der Waals surface area contributed by atoms with Gasteiger partial charge in [-0.25, -0.2) is 0 Å². The van der Waals surface area contributed by atoms with Gasteiger partial charge >= 0.3 is 0 Å². The predicted molar refractivity (Wildman–Crippen MR) is 91.6 cm³/mol. The van der Waals surface area contributed by atoms with E-state index < -0.39 is 0 Å². The third-order valence-corrected chi connectivity index (χ3v) is 5.73. The highest BCUT2D eigenvalue weighted by Crippen LogP contribution is 2.38. The monoisotopic (exact) mass is 365 g/mol. The van der Waals surface area contributed by atoms with Crippen LogP contribution in [0.5, 0.6) is 0 Å². The van der Waals surface area contributed by atoms with E-state index in [4.69, 9.17) is 10.5 Å². The Bertz CT molecular complexity index is 610. The molecule has 3 atom stereocenters. The van der Waals surface area contributed by atoms with E-state index in [0.717, 1.165) is 17.3 Å². The molecule has 4 heteroatoms. The van der Waals surface area contributed by atoms with Gasteiger partial charge in [0.05, 0.1) is 6.10 Å². The molecule has 1 heterocycles. The van der Waals surface area contributed by atoms with Crippen LogP contribution in [0.4, 0.5) is 0 Å². The number of ether oxygens (including phenoxy) is 1. The molecule has 0 bridgehead atoms. The maximum absolute atomic E-state index is 6.44. The lowest BCUT2D eigenvalue weighted by Crippen LogP contribution is -2.28. The van der Waals surface area contributed by atoms with Gasteiger partial charge in [-0.3, -0.25) is 0 Å². The van der Waals surface area contributed by atoms with Crippen LogP contribution in [0.3, 0.4) is 0 Å². The minimum atomic E-state index is -0.0440. The number of nitrogens with two attached hydrogens (primary N) is 1. The van der Waals surface area contributed by atoms with Gasteiger partial charge in [-0.2, -0.15) is 0 Å². The number of halogens is 1. The Balaban J connectivity index is 1.84. The molecule has 1 aromatic heterocycles. The van der Waals surface area contributed by atoms with Crippen LogP contribution in [0.2, 0.25) is 0 Å². The summed E-state index contributed by atoms with van der Waals surface area (Å²) in [5, 5.41) is 2.09. The van der Waals surface area contributed by atoms with Crippen molar-refractivity contribution in [1.82, 2.24) is 0 Å². The molecule has 1 aliphatic rings. The first-order valence-corrected chi connectivity index (χ1v) is 9.05. The van der Waals surface area contributed by atoms with Crippen LogP contribution in [0.25, 0.3) is 0 Å². The standard InChI is InChI=1S/C17H20BrNOS/c1-11(19)17(16-9-13(18)10-21-16)20-15-8-4-6-12-5-2-3-7-14(12)15/h2-3,5,7,9-11,15,17H,4,6,8,19H2,1H3. The fraction of sp³-hybridized carbons (Fsp3) is 0.412. The van der Waals surface area contributed by atoms with Crippen molar-refractivity contribution < 1.29 is 4.74 Å². The van der Waals surface area contributed by atoms with E-state index >= 15 is 0 Å². The SMILES string of the molecule is CC(N)C(OC1CCCc2ccccc21)c1cc(Br)cs1. The first kappa shape index (κ1) is 15.2. The molecule has 0 aliphatic heterocycles. The molecule has 0 amide bonds. The molecule has 3 rings (SSSR count). The summed E-state index contributed by atoms with van der Waals surface area (Å²) in [6, 6.07) is 10.7. The van der Waals surface area contributed by atoms with E-state index in [1.807, 2.05) is 6.92 Å². The summed E-state index contributed by atoms with van der Waals surface area (Å²) in [5.41, 5.74) is 8.94. The summed E-state index contributed by atoms with van der Waals surface area (Å²) < 4.78 is 7.54. The van der Waals surface area contributed by atoms with Gasteiger partial charge in [0.15, 0.2) is 0 Å². The highest BCUT2D eigenvalue weighted by Gasteiger charge is 2.27. The van der Waals surface area contributed by atoms with Crippen molar-refractivity contribution in [3.8, 4) is 0 Å². The summed E-state index contributed by atoms with van der Waals surface area (Å²) >= 11 is 5.22. The molecular weight excluding hydrogens is 346 g/mol. The first-order chi connectivity index (χ1) is 10.1. The lowest BCUT2D eigenvalue weighted by Gasteiger charge is -2.31. The quantitative estimate of drug-likeness (QED) is 0.827. The van der Waals surface area contributed by atoms with Crippen LogP contribution >= 0.6 is 27.3 Å². The Morgan fingerprint density at radius 3 is 2.90 bits per heavy atom. The number of thiophene rings is 1. The molecule has 2 aromatic rings. The lowest BCUT2D eigenvalue weighted by molar-refractivity contribution is -0.0321. The van der Waals surface area contributed by atoms with E-state index in [2.05, 4.69) is 51.6 Å².